The number of benzene rings is 4. The Morgan fingerprint density at radius 1 is 0.448 bits per heavy atom. The molecule has 0 N–H and O–H groups in total. The topological polar surface area (TPSA) is 0 Å². The van der Waals surface area contributed by atoms with E-state index in [1.54, 1.807) is 6.07 Å². The van der Waals surface area contributed by atoms with Gasteiger partial charge in [-0.1, -0.05) is 103 Å². The van der Waals surface area contributed by atoms with Crippen molar-refractivity contribution < 1.29 is 13.2 Å². The third-order valence-electron chi connectivity index (χ3n) is 4.74. The van der Waals surface area contributed by atoms with Gasteiger partial charge in [0, 0.05) is 0 Å². The molecule has 0 unspecified atom stereocenters. The van der Waals surface area contributed by atoms with Crippen molar-refractivity contribution in [1.82, 2.24) is 0 Å². The Hall–Kier alpha value is -2.98. The van der Waals surface area contributed by atoms with E-state index in [2.05, 4.69) is 72.8 Å². The fraction of sp³-hybridized carbons (Fsp3) is 0.0400. The average Bonchev–Trinajstić information content (AvgIpc) is 2.73. The first-order valence-electron chi connectivity index (χ1n) is 8.96. The molecule has 4 aromatic rings. The number of alkyl halides is 3. The predicted octanol–water partition coefficient (Wildman–Crippen LogP) is 7.82. The number of hydrogen-bond acceptors (Lipinski definition) is 0. The molecule has 0 saturated carbocycles. The molecule has 1 aliphatic carbocycles. The molecule has 0 fully saturated rings. The molecule has 0 nitrogen and oxygen atoms in total. The van der Waals surface area contributed by atoms with Crippen molar-refractivity contribution in [3.63, 3.8) is 0 Å². The second-order valence-corrected chi connectivity index (χ2v) is 6.50. The van der Waals surface area contributed by atoms with Gasteiger partial charge < -0.3 is 0 Å². The zero-order chi connectivity index (χ0) is 19.6. The largest absolute Gasteiger partial charge is 0.416 e. The van der Waals surface area contributed by atoms with E-state index in [9.17, 15) is 13.2 Å². The van der Waals surface area contributed by atoms with Gasteiger partial charge >= 0.3 is 6.18 Å². The normalized spacial score (nSPS) is 11.0. The van der Waals surface area contributed by atoms with Crippen LogP contribution in [-0.4, -0.2) is 0 Å². The van der Waals surface area contributed by atoms with Crippen LogP contribution < -0.4 is 0 Å². The monoisotopic (exact) mass is 408 g/mol. The zero-order valence-corrected chi connectivity index (χ0v) is 16.4. The standard InChI is InChI=1S/C18H12.C7H5F3.H2S/c1-2-7-13(8-3-1)14-11-6-12-17-15-9-4-5-10-16(15)18(14)17;8-7(9,10)6-4-2-1-3-5-6;/h1-12H;1-5H;1H2. The third kappa shape index (κ3) is 4.22. The van der Waals surface area contributed by atoms with E-state index in [1.165, 1.54) is 45.5 Å². The fourth-order valence-corrected chi connectivity index (χ4v) is 3.43. The van der Waals surface area contributed by atoms with Gasteiger partial charge in [-0.2, -0.15) is 26.7 Å². The van der Waals surface area contributed by atoms with Crippen LogP contribution in [0.1, 0.15) is 5.56 Å². The quantitative estimate of drug-likeness (QED) is 0.265. The van der Waals surface area contributed by atoms with Gasteiger partial charge in [-0.15, -0.1) is 0 Å². The summed E-state index contributed by atoms with van der Waals surface area (Å²) in [7, 11) is 0. The van der Waals surface area contributed by atoms with Crippen molar-refractivity contribution in [3.05, 3.63) is 109 Å². The van der Waals surface area contributed by atoms with Crippen LogP contribution in [0.15, 0.2) is 103 Å². The molecule has 0 spiro atoms. The van der Waals surface area contributed by atoms with Gasteiger partial charge in [-0.25, -0.2) is 0 Å². The Balaban J connectivity index is 0.000000189. The van der Waals surface area contributed by atoms with Gasteiger partial charge in [0.1, 0.15) is 0 Å². The molecule has 0 heterocycles. The first kappa shape index (κ1) is 20.7. The molecular weight excluding hydrogens is 389 g/mol. The molecule has 0 radical (unpaired) electrons. The molecule has 0 aromatic heterocycles. The van der Waals surface area contributed by atoms with E-state index in [4.69, 9.17) is 0 Å². The maximum absolute atomic E-state index is 11.8. The highest BCUT2D eigenvalue weighted by Gasteiger charge is 2.29. The van der Waals surface area contributed by atoms with Gasteiger partial charge in [-0.05, 0) is 33.4 Å². The maximum atomic E-state index is 11.8. The lowest BCUT2D eigenvalue weighted by Crippen LogP contribution is -2.03. The van der Waals surface area contributed by atoms with Crippen LogP contribution in [0.3, 0.4) is 0 Å². The smallest absolute Gasteiger partial charge is 0.197 e. The molecule has 4 aromatic carbocycles. The van der Waals surface area contributed by atoms with Gasteiger partial charge in [0.2, 0.25) is 0 Å². The molecule has 1 aliphatic rings. The van der Waals surface area contributed by atoms with Crippen LogP contribution in [0.2, 0.25) is 0 Å². The first-order valence-corrected chi connectivity index (χ1v) is 8.96. The second-order valence-electron chi connectivity index (χ2n) is 6.50. The van der Waals surface area contributed by atoms with Gasteiger partial charge in [0.05, 0.1) is 5.56 Å². The van der Waals surface area contributed by atoms with Gasteiger partial charge in [0.15, 0.2) is 0 Å². The summed E-state index contributed by atoms with van der Waals surface area (Å²) in [5.74, 6) is 0. The molecule has 0 atom stereocenters. The van der Waals surface area contributed by atoms with Crippen LogP contribution in [0, 0.1) is 0 Å². The number of halogens is 3. The summed E-state index contributed by atoms with van der Waals surface area (Å²) < 4.78 is 35.4. The summed E-state index contributed by atoms with van der Waals surface area (Å²) in [6, 6.07) is 32.2. The van der Waals surface area contributed by atoms with Crippen molar-refractivity contribution in [2.75, 3.05) is 0 Å². The highest BCUT2D eigenvalue weighted by molar-refractivity contribution is 7.59. The summed E-state index contributed by atoms with van der Waals surface area (Å²) in [6.45, 7) is 0. The summed E-state index contributed by atoms with van der Waals surface area (Å²) >= 11 is 0. The first-order chi connectivity index (χ1) is 13.6. The molecule has 4 heteroatoms. The van der Waals surface area contributed by atoms with E-state index >= 15 is 0 Å². The van der Waals surface area contributed by atoms with E-state index < -0.39 is 11.7 Å². The summed E-state index contributed by atoms with van der Waals surface area (Å²) in [5, 5.41) is 0. The van der Waals surface area contributed by atoms with E-state index in [0.29, 0.717) is 0 Å². The highest BCUT2D eigenvalue weighted by atomic mass is 32.1. The average molecular weight is 408 g/mol. The Labute approximate surface area is 175 Å². The molecule has 0 saturated heterocycles. The maximum Gasteiger partial charge on any atom is 0.416 e. The van der Waals surface area contributed by atoms with Gasteiger partial charge in [0.25, 0.3) is 0 Å². The number of rotatable bonds is 1. The van der Waals surface area contributed by atoms with E-state index in [-0.39, 0.29) is 13.5 Å². The summed E-state index contributed by atoms with van der Waals surface area (Å²) in [4.78, 5) is 0. The van der Waals surface area contributed by atoms with Crippen molar-refractivity contribution >= 4 is 13.5 Å². The molecule has 146 valence electrons. The Morgan fingerprint density at radius 3 is 1.52 bits per heavy atom. The van der Waals surface area contributed by atoms with Crippen LogP contribution in [0.25, 0.3) is 33.4 Å². The summed E-state index contributed by atoms with van der Waals surface area (Å²) in [5.41, 5.74) is 7.58. The Morgan fingerprint density at radius 2 is 0.931 bits per heavy atom. The fourth-order valence-electron chi connectivity index (χ4n) is 3.43. The van der Waals surface area contributed by atoms with Crippen LogP contribution in [0.4, 0.5) is 13.2 Å². The lowest BCUT2D eigenvalue weighted by molar-refractivity contribution is -0.137. The van der Waals surface area contributed by atoms with Crippen molar-refractivity contribution in [1.29, 1.82) is 0 Å². The SMILES string of the molecule is FC(F)(F)c1ccccc1.S.c1ccc(-c2cccc3c2-c2ccccc2-3)cc1. The number of fused-ring (bicyclic) bond motifs is 4. The third-order valence-corrected chi connectivity index (χ3v) is 4.74. The molecule has 29 heavy (non-hydrogen) atoms. The summed E-state index contributed by atoms with van der Waals surface area (Å²) in [6.07, 6.45) is -4.21. The minimum atomic E-state index is -4.21. The van der Waals surface area contributed by atoms with Crippen molar-refractivity contribution in [2.24, 2.45) is 0 Å². The Bertz CT molecular complexity index is 1070. The van der Waals surface area contributed by atoms with Gasteiger partial charge in [-0.3, -0.25) is 0 Å². The zero-order valence-electron chi connectivity index (χ0n) is 15.4. The minimum absolute atomic E-state index is 0. The highest BCUT2D eigenvalue weighted by Crippen LogP contribution is 2.51. The van der Waals surface area contributed by atoms with Crippen LogP contribution in [0.5, 0.6) is 0 Å². The van der Waals surface area contributed by atoms with Crippen LogP contribution in [-0.2, 0) is 6.18 Å². The molecular formula is C25H19F3S. The van der Waals surface area contributed by atoms with E-state index in [1.807, 2.05) is 0 Å². The van der Waals surface area contributed by atoms with Crippen LogP contribution >= 0.6 is 13.5 Å². The van der Waals surface area contributed by atoms with Crippen molar-refractivity contribution in [3.8, 4) is 33.4 Å². The molecule has 0 aliphatic heterocycles. The predicted molar refractivity (Wildman–Crippen MR) is 118 cm³/mol. The van der Waals surface area contributed by atoms with Crippen molar-refractivity contribution in [2.45, 2.75) is 6.18 Å². The molecule has 5 rings (SSSR count). The second kappa shape index (κ2) is 8.58. The lowest BCUT2D eigenvalue weighted by Gasteiger charge is -2.26. The minimum Gasteiger partial charge on any atom is -0.197 e. The molecule has 0 bridgehead atoms. The number of hydrogen-bond donors (Lipinski definition) is 0. The van der Waals surface area contributed by atoms with E-state index in [0.717, 1.165) is 12.1 Å². The Kier molecular flexibility index (Phi) is 6.14. The lowest BCUT2D eigenvalue weighted by atomic mass is 9.77. The molecule has 0 amide bonds.